The zero-order chi connectivity index (χ0) is 18.9. The van der Waals surface area contributed by atoms with Gasteiger partial charge in [0, 0.05) is 18.0 Å². The number of nitrogens with zero attached hydrogens (tertiary/aromatic N) is 2. The molecule has 1 unspecified atom stereocenters. The van der Waals surface area contributed by atoms with E-state index >= 15 is 0 Å². The van der Waals surface area contributed by atoms with Crippen LogP contribution >= 0.6 is 11.3 Å². The van der Waals surface area contributed by atoms with Crippen molar-refractivity contribution in [2.24, 2.45) is 4.99 Å². The van der Waals surface area contributed by atoms with Crippen molar-refractivity contribution in [2.45, 2.75) is 33.1 Å². The predicted molar refractivity (Wildman–Crippen MR) is 97.7 cm³/mol. The Morgan fingerprint density at radius 1 is 1.31 bits per heavy atom. The second-order valence-corrected chi connectivity index (χ2v) is 6.34. The number of aliphatic imine (C=N–C) groups is 1. The minimum absolute atomic E-state index is 0.0544. The Morgan fingerprint density at radius 2 is 2.04 bits per heavy atom. The number of benzene rings is 1. The van der Waals surface area contributed by atoms with E-state index in [9.17, 15) is 13.9 Å². The number of alkyl halides is 2. The summed E-state index contributed by atoms with van der Waals surface area (Å²) < 4.78 is 28.6. The second-order valence-electron chi connectivity index (χ2n) is 5.40. The Hall–Kier alpha value is -2.26. The smallest absolute Gasteiger partial charge is 0.387 e. The molecule has 26 heavy (non-hydrogen) atoms. The number of rotatable bonds is 8. The van der Waals surface area contributed by atoms with Gasteiger partial charge < -0.3 is 20.5 Å². The number of guanidine groups is 1. The van der Waals surface area contributed by atoms with Crippen LogP contribution in [0.1, 0.15) is 29.2 Å². The normalized spacial score (nSPS) is 12.9. The number of thiazole rings is 1. The number of ether oxygens (including phenoxy) is 1. The van der Waals surface area contributed by atoms with Gasteiger partial charge in [-0.05, 0) is 31.5 Å². The van der Waals surface area contributed by atoms with Crippen LogP contribution in [0.15, 0.2) is 34.8 Å². The van der Waals surface area contributed by atoms with E-state index in [1.165, 1.54) is 12.1 Å². The summed E-state index contributed by atoms with van der Waals surface area (Å²) >= 11 is 1.55. The largest absolute Gasteiger partial charge is 0.435 e. The summed E-state index contributed by atoms with van der Waals surface area (Å²) in [7, 11) is 0. The van der Waals surface area contributed by atoms with Gasteiger partial charge in [-0.3, -0.25) is 0 Å². The molecule has 2 aromatic rings. The van der Waals surface area contributed by atoms with Crippen LogP contribution in [0.4, 0.5) is 8.78 Å². The molecular formula is C17H22F2N4O2S. The zero-order valence-electron chi connectivity index (χ0n) is 14.6. The van der Waals surface area contributed by atoms with E-state index in [-0.39, 0.29) is 12.3 Å². The molecule has 9 heteroatoms. The Bertz CT molecular complexity index is 707. The van der Waals surface area contributed by atoms with Crippen LogP contribution in [0.25, 0.3) is 0 Å². The Morgan fingerprint density at radius 3 is 2.62 bits per heavy atom. The topological polar surface area (TPSA) is 78.8 Å². The number of hydrogen-bond donors (Lipinski definition) is 3. The van der Waals surface area contributed by atoms with Gasteiger partial charge in [0.2, 0.25) is 0 Å². The lowest BCUT2D eigenvalue weighted by atomic mass is 10.1. The number of aryl methyl sites for hydroxylation is 1. The van der Waals surface area contributed by atoms with Crippen molar-refractivity contribution in [3.8, 4) is 5.75 Å². The predicted octanol–water partition coefficient (Wildman–Crippen LogP) is 2.84. The van der Waals surface area contributed by atoms with Crippen LogP contribution < -0.4 is 15.4 Å². The number of halogens is 2. The fourth-order valence-corrected chi connectivity index (χ4v) is 2.85. The zero-order valence-corrected chi connectivity index (χ0v) is 15.4. The van der Waals surface area contributed by atoms with E-state index in [1.54, 1.807) is 29.0 Å². The van der Waals surface area contributed by atoms with Crippen molar-refractivity contribution in [1.29, 1.82) is 0 Å². The molecule has 0 saturated carbocycles. The monoisotopic (exact) mass is 384 g/mol. The van der Waals surface area contributed by atoms with Gasteiger partial charge in [-0.1, -0.05) is 12.1 Å². The average Bonchev–Trinajstić information content (AvgIpc) is 3.02. The summed E-state index contributed by atoms with van der Waals surface area (Å²) in [6.45, 7) is 2.43. The van der Waals surface area contributed by atoms with Gasteiger partial charge in [-0.25, -0.2) is 9.98 Å². The van der Waals surface area contributed by atoms with Crippen molar-refractivity contribution in [3.05, 3.63) is 45.9 Å². The number of aromatic nitrogens is 1. The summed E-state index contributed by atoms with van der Waals surface area (Å²) in [5.74, 6) is 0.635. The van der Waals surface area contributed by atoms with Crippen LogP contribution in [0.3, 0.4) is 0 Å². The molecule has 0 spiro atoms. The molecule has 1 heterocycles. The fraction of sp³-hybridized carbons (Fsp3) is 0.412. The van der Waals surface area contributed by atoms with Crippen LogP contribution in [-0.4, -0.2) is 35.8 Å². The number of nitrogens with one attached hydrogen (secondary N) is 2. The second kappa shape index (κ2) is 10.0. The SMILES string of the molecule is CCNC(=NCc1scnc1C)NCC(O)c1ccc(OC(F)F)cc1. The summed E-state index contributed by atoms with van der Waals surface area (Å²) in [4.78, 5) is 9.75. The Labute approximate surface area is 155 Å². The maximum absolute atomic E-state index is 12.2. The van der Waals surface area contributed by atoms with Gasteiger partial charge in [-0.15, -0.1) is 11.3 Å². The molecule has 1 atom stereocenters. The highest BCUT2D eigenvalue weighted by Crippen LogP contribution is 2.19. The Kier molecular flexibility index (Phi) is 7.73. The third-order valence-corrected chi connectivity index (χ3v) is 4.44. The third-order valence-electron chi connectivity index (χ3n) is 3.52. The van der Waals surface area contributed by atoms with Crippen LogP contribution in [0.5, 0.6) is 5.75 Å². The highest BCUT2D eigenvalue weighted by atomic mass is 32.1. The van der Waals surface area contributed by atoms with E-state index in [0.29, 0.717) is 24.6 Å². The number of aliphatic hydroxyl groups is 1. The van der Waals surface area contributed by atoms with E-state index in [4.69, 9.17) is 0 Å². The molecule has 3 N–H and O–H groups in total. The van der Waals surface area contributed by atoms with Crippen LogP contribution in [0.2, 0.25) is 0 Å². The highest BCUT2D eigenvalue weighted by Gasteiger charge is 2.10. The van der Waals surface area contributed by atoms with Gasteiger partial charge >= 0.3 is 6.61 Å². The Balaban J connectivity index is 1.91. The maximum Gasteiger partial charge on any atom is 0.387 e. The molecule has 0 amide bonds. The minimum Gasteiger partial charge on any atom is -0.435 e. The molecule has 0 aliphatic rings. The summed E-state index contributed by atoms with van der Waals surface area (Å²) in [6, 6.07) is 5.90. The molecule has 0 fully saturated rings. The van der Waals surface area contributed by atoms with Gasteiger partial charge in [0.1, 0.15) is 5.75 Å². The molecule has 142 valence electrons. The van der Waals surface area contributed by atoms with E-state index in [2.05, 4.69) is 25.3 Å². The van der Waals surface area contributed by atoms with Crippen molar-refractivity contribution in [3.63, 3.8) is 0 Å². The molecule has 0 bridgehead atoms. The van der Waals surface area contributed by atoms with E-state index in [0.717, 1.165) is 10.6 Å². The highest BCUT2D eigenvalue weighted by molar-refractivity contribution is 7.09. The van der Waals surface area contributed by atoms with Crippen molar-refractivity contribution >= 4 is 17.3 Å². The first-order chi connectivity index (χ1) is 12.5. The molecule has 0 saturated heterocycles. The number of hydrogen-bond acceptors (Lipinski definition) is 5. The molecule has 0 aliphatic carbocycles. The van der Waals surface area contributed by atoms with Gasteiger partial charge in [0.25, 0.3) is 0 Å². The fourth-order valence-electron chi connectivity index (χ4n) is 2.15. The standard InChI is InChI=1S/C17H22F2N4O2S/c1-3-20-17(22-9-15-11(2)23-10-26-15)21-8-14(24)12-4-6-13(7-5-12)25-16(18)19/h4-7,10,14,16,24H,3,8-9H2,1-2H3,(H2,20,21,22). The van der Waals surface area contributed by atoms with E-state index < -0.39 is 12.7 Å². The molecule has 0 aliphatic heterocycles. The number of aliphatic hydroxyl groups excluding tert-OH is 1. The average molecular weight is 384 g/mol. The van der Waals surface area contributed by atoms with Gasteiger partial charge in [0.05, 0.1) is 23.9 Å². The van der Waals surface area contributed by atoms with E-state index in [1.807, 2.05) is 13.8 Å². The first-order valence-electron chi connectivity index (χ1n) is 8.13. The lowest BCUT2D eigenvalue weighted by Crippen LogP contribution is -2.39. The van der Waals surface area contributed by atoms with Crippen molar-refractivity contribution in [2.75, 3.05) is 13.1 Å². The first kappa shape index (κ1) is 20.1. The molecule has 1 aromatic heterocycles. The molecular weight excluding hydrogens is 362 g/mol. The lowest BCUT2D eigenvalue weighted by Gasteiger charge is -2.16. The van der Waals surface area contributed by atoms with Crippen molar-refractivity contribution in [1.82, 2.24) is 15.6 Å². The molecule has 2 rings (SSSR count). The summed E-state index contributed by atoms with van der Waals surface area (Å²) in [5, 5.41) is 16.4. The van der Waals surface area contributed by atoms with Gasteiger partial charge in [0.15, 0.2) is 5.96 Å². The summed E-state index contributed by atoms with van der Waals surface area (Å²) in [5.41, 5.74) is 3.33. The van der Waals surface area contributed by atoms with Crippen LogP contribution in [-0.2, 0) is 6.54 Å². The van der Waals surface area contributed by atoms with Crippen molar-refractivity contribution < 1.29 is 18.6 Å². The molecule has 6 nitrogen and oxygen atoms in total. The maximum atomic E-state index is 12.2. The quantitative estimate of drug-likeness (QED) is 0.482. The van der Waals surface area contributed by atoms with Crippen LogP contribution in [0, 0.1) is 6.92 Å². The molecule has 1 aromatic carbocycles. The molecule has 0 radical (unpaired) electrons. The lowest BCUT2D eigenvalue weighted by molar-refractivity contribution is -0.0498. The first-order valence-corrected chi connectivity index (χ1v) is 9.01. The van der Waals surface area contributed by atoms with Gasteiger partial charge in [-0.2, -0.15) is 8.78 Å². The third kappa shape index (κ3) is 6.23. The minimum atomic E-state index is -2.87. The summed E-state index contributed by atoms with van der Waals surface area (Å²) in [6.07, 6.45) is -0.815.